The topological polar surface area (TPSA) is 47.6 Å². The fourth-order valence-electron chi connectivity index (χ4n) is 3.04. The maximum atomic E-state index is 12.5. The van der Waals surface area contributed by atoms with E-state index in [1.165, 1.54) is 12.1 Å². The van der Waals surface area contributed by atoms with Crippen LogP contribution < -0.4 is 10.1 Å². The van der Waals surface area contributed by atoms with E-state index >= 15 is 0 Å². The number of carbonyl (C=O) groups excluding carboxylic acids is 1. The molecular formula is C18H25F2NO3. The molecule has 0 bridgehead atoms. The van der Waals surface area contributed by atoms with E-state index in [9.17, 15) is 13.6 Å². The van der Waals surface area contributed by atoms with Gasteiger partial charge in [0.05, 0.1) is 6.04 Å². The van der Waals surface area contributed by atoms with Crippen LogP contribution in [-0.4, -0.2) is 25.7 Å². The summed E-state index contributed by atoms with van der Waals surface area (Å²) in [6, 6.07) is 6.29. The summed E-state index contributed by atoms with van der Waals surface area (Å²) in [6.45, 7) is 2.53. The Bertz CT molecular complexity index is 516. The average Bonchev–Trinajstić information content (AvgIpc) is 2.60. The summed E-state index contributed by atoms with van der Waals surface area (Å²) in [5, 5.41) is 3.07. The molecule has 1 aromatic carbocycles. The van der Waals surface area contributed by atoms with E-state index in [-0.39, 0.29) is 23.6 Å². The molecule has 1 aliphatic heterocycles. The van der Waals surface area contributed by atoms with Gasteiger partial charge in [0.25, 0.3) is 0 Å². The van der Waals surface area contributed by atoms with Crippen molar-refractivity contribution in [3.63, 3.8) is 0 Å². The van der Waals surface area contributed by atoms with Crippen LogP contribution >= 0.6 is 0 Å². The molecule has 24 heavy (non-hydrogen) atoms. The Morgan fingerprint density at radius 2 is 1.92 bits per heavy atom. The minimum Gasteiger partial charge on any atom is -0.435 e. The zero-order valence-electron chi connectivity index (χ0n) is 14.1. The highest BCUT2D eigenvalue weighted by atomic mass is 19.3. The van der Waals surface area contributed by atoms with Gasteiger partial charge in [0.15, 0.2) is 0 Å². The number of ether oxygens (including phenoxy) is 2. The molecule has 0 spiro atoms. The van der Waals surface area contributed by atoms with Crippen LogP contribution in [0, 0.1) is 11.8 Å². The summed E-state index contributed by atoms with van der Waals surface area (Å²) < 4.78 is 34.1. The molecule has 1 N–H and O–H groups in total. The van der Waals surface area contributed by atoms with Gasteiger partial charge in [0.1, 0.15) is 5.75 Å². The van der Waals surface area contributed by atoms with Gasteiger partial charge in [-0.15, -0.1) is 0 Å². The van der Waals surface area contributed by atoms with E-state index in [0.717, 1.165) is 24.8 Å². The van der Waals surface area contributed by atoms with Crippen molar-refractivity contribution in [1.29, 1.82) is 0 Å². The lowest BCUT2D eigenvalue weighted by molar-refractivity contribution is -0.128. The average molecular weight is 341 g/mol. The summed E-state index contributed by atoms with van der Waals surface area (Å²) >= 11 is 0. The van der Waals surface area contributed by atoms with Crippen molar-refractivity contribution >= 4 is 5.91 Å². The van der Waals surface area contributed by atoms with Crippen LogP contribution in [0.1, 0.15) is 44.7 Å². The fourth-order valence-corrected chi connectivity index (χ4v) is 3.04. The summed E-state index contributed by atoms with van der Waals surface area (Å²) in [7, 11) is 0. The Hall–Kier alpha value is -1.69. The van der Waals surface area contributed by atoms with Gasteiger partial charge in [0.2, 0.25) is 5.91 Å². The van der Waals surface area contributed by atoms with Gasteiger partial charge in [-0.1, -0.05) is 26.0 Å². The number of halogens is 2. The van der Waals surface area contributed by atoms with Crippen LogP contribution in [0.5, 0.6) is 5.75 Å². The molecule has 1 aliphatic rings. The van der Waals surface area contributed by atoms with Crippen LogP contribution in [0.4, 0.5) is 8.78 Å². The first kappa shape index (κ1) is 18.6. The standard InChI is InChI=1S/C18H25F2NO3/c1-3-16(14-4-6-15(7-5-14)24-18(19)20)21-17(22)12(2)13-8-10-23-11-9-13/h4-7,12-13,16,18H,3,8-11H2,1-2H3,(H,21,22)/t12-,16-/m1/s1. The van der Waals surface area contributed by atoms with Gasteiger partial charge < -0.3 is 14.8 Å². The predicted molar refractivity (Wildman–Crippen MR) is 87.0 cm³/mol. The minimum atomic E-state index is -2.84. The highest BCUT2D eigenvalue weighted by Crippen LogP contribution is 2.26. The third-order valence-electron chi connectivity index (χ3n) is 4.62. The van der Waals surface area contributed by atoms with Crippen molar-refractivity contribution in [1.82, 2.24) is 5.32 Å². The number of carbonyl (C=O) groups is 1. The van der Waals surface area contributed by atoms with E-state index in [4.69, 9.17) is 4.74 Å². The number of rotatable bonds is 7. The Morgan fingerprint density at radius 3 is 2.46 bits per heavy atom. The van der Waals surface area contributed by atoms with Crippen LogP contribution in [0.3, 0.4) is 0 Å². The molecule has 134 valence electrons. The van der Waals surface area contributed by atoms with Gasteiger partial charge in [-0.05, 0) is 42.9 Å². The number of nitrogens with one attached hydrogen (secondary N) is 1. The maximum Gasteiger partial charge on any atom is 0.387 e. The lowest BCUT2D eigenvalue weighted by Crippen LogP contribution is -2.37. The number of benzene rings is 1. The molecule has 1 aromatic rings. The maximum absolute atomic E-state index is 12.5. The molecule has 0 unspecified atom stereocenters. The molecule has 1 fully saturated rings. The smallest absolute Gasteiger partial charge is 0.387 e. The molecule has 1 saturated heterocycles. The van der Waals surface area contributed by atoms with Crippen LogP contribution in [0.15, 0.2) is 24.3 Å². The lowest BCUT2D eigenvalue weighted by atomic mass is 9.86. The molecular weight excluding hydrogens is 316 g/mol. The summed E-state index contributed by atoms with van der Waals surface area (Å²) in [4.78, 5) is 12.5. The highest BCUT2D eigenvalue weighted by Gasteiger charge is 2.27. The van der Waals surface area contributed by atoms with Gasteiger partial charge in [-0.25, -0.2) is 0 Å². The Labute approximate surface area is 141 Å². The molecule has 0 aromatic heterocycles. The quantitative estimate of drug-likeness (QED) is 0.818. The van der Waals surface area contributed by atoms with E-state index in [1.807, 2.05) is 13.8 Å². The SMILES string of the molecule is CC[C@@H](NC(=O)[C@H](C)C1CCOCC1)c1ccc(OC(F)F)cc1. The first-order chi connectivity index (χ1) is 11.5. The zero-order chi connectivity index (χ0) is 17.5. The number of amides is 1. The zero-order valence-corrected chi connectivity index (χ0v) is 14.1. The van der Waals surface area contributed by atoms with Crippen LogP contribution in [0.25, 0.3) is 0 Å². The molecule has 1 amide bonds. The molecule has 2 rings (SSSR count). The second-order valence-corrected chi connectivity index (χ2v) is 6.16. The van der Waals surface area contributed by atoms with E-state index in [0.29, 0.717) is 19.1 Å². The normalized spacial score (nSPS) is 18.2. The summed E-state index contributed by atoms with van der Waals surface area (Å²) in [5.74, 6) is 0.426. The third kappa shape index (κ3) is 5.16. The molecule has 0 saturated carbocycles. The monoisotopic (exact) mass is 341 g/mol. The fraction of sp³-hybridized carbons (Fsp3) is 0.611. The van der Waals surface area contributed by atoms with Gasteiger partial charge in [-0.2, -0.15) is 8.78 Å². The van der Waals surface area contributed by atoms with Gasteiger partial charge in [0, 0.05) is 19.1 Å². The van der Waals surface area contributed by atoms with Crippen molar-refractivity contribution in [3.05, 3.63) is 29.8 Å². The summed E-state index contributed by atoms with van der Waals surface area (Å²) in [6.07, 6.45) is 2.54. The number of hydrogen-bond donors (Lipinski definition) is 1. The molecule has 6 heteroatoms. The minimum absolute atomic E-state index is 0.0293. The molecule has 0 aliphatic carbocycles. The lowest BCUT2D eigenvalue weighted by Gasteiger charge is -2.28. The van der Waals surface area contributed by atoms with Crippen molar-refractivity contribution < 1.29 is 23.0 Å². The molecule has 2 atom stereocenters. The van der Waals surface area contributed by atoms with Gasteiger partial charge in [-0.3, -0.25) is 4.79 Å². The van der Waals surface area contributed by atoms with E-state index < -0.39 is 6.61 Å². The van der Waals surface area contributed by atoms with Crippen molar-refractivity contribution in [2.24, 2.45) is 11.8 Å². The van der Waals surface area contributed by atoms with Crippen molar-refractivity contribution in [3.8, 4) is 5.75 Å². The Balaban J connectivity index is 1.96. The largest absolute Gasteiger partial charge is 0.435 e. The molecule has 0 radical (unpaired) electrons. The number of hydrogen-bond acceptors (Lipinski definition) is 3. The Kier molecular flexibility index (Phi) is 6.97. The predicted octanol–water partition coefficient (Wildman–Crippen LogP) is 3.92. The molecule has 4 nitrogen and oxygen atoms in total. The third-order valence-corrected chi connectivity index (χ3v) is 4.62. The first-order valence-corrected chi connectivity index (χ1v) is 8.44. The van der Waals surface area contributed by atoms with E-state index in [1.54, 1.807) is 12.1 Å². The molecule has 1 heterocycles. The second-order valence-electron chi connectivity index (χ2n) is 6.16. The number of alkyl halides is 2. The highest BCUT2D eigenvalue weighted by molar-refractivity contribution is 5.79. The van der Waals surface area contributed by atoms with E-state index in [2.05, 4.69) is 10.1 Å². The summed E-state index contributed by atoms with van der Waals surface area (Å²) in [5.41, 5.74) is 0.881. The second kappa shape index (κ2) is 8.97. The van der Waals surface area contributed by atoms with Crippen molar-refractivity contribution in [2.45, 2.75) is 45.8 Å². The van der Waals surface area contributed by atoms with Crippen molar-refractivity contribution in [2.75, 3.05) is 13.2 Å². The first-order valence-electron chi connectivity index (χ1n) is 8.44. The Morgan fingerprint density at radius 1 is 1.29 bits per heavy atom. The van der Waals surface area contributed by atoms with Crippen LogP contribution in [0.2, 0.25) is 0 Å². The van der Waals surface area contributed by atoms with Gasteiger partial charge >= 0.3 is 6.61 Å². The van der Waals surface area contributed by atoms with Crippen LogP contribution in [-0.2, 0) is 9.53 Å².